The molecule has 4 aromatic carbocycles. The molecule has 0 atom stereocenters. The highest BCUT2D eigenvalue weighted by molar-refractivity contribution is 6.11. The quantitative estimate of drug-likeness (QED) is 0.148. The minimum atomic E-state index is -0.293. The number of hydrogen-bond donors (Lipinski definition) is 0. The van der Waals surface area contributed by atoms with Crippen molar-refractivity contribution in [2.24, 2.45) is 0 Å². The third-order valence-electron chi connectivity index (χ3n) is 9.47. The molecule has 0 unspecified atom stereocenters. The number of aromatic nitrogens is 5. The van der Waals surface area contributed by atoms with E-state index in [9.17, 15) is 9.59 Å². The van der Waals surface area contributed by atoms with Crippen LogP contribution in [0.3, 0.4) is 0 Å². The molecule has 0 aliphatic rings. The van der Waals surface area contributed by atoms with E-state index < -0.39 is 0 Å². The maximum Gasteiger partial charge on any atom is 0.258 e. The van der Waals surface area contributed by atoms with E-state index in [1.807, 2.05) is 150 Å². The van der Waals surface area contributed by atoms with Gasteiger partial charge >= 0.3 is 0 Å². The number of anilines is 2. The zero-order valence-electron chi connectivity index (χ0n) is 30.2. The van der Waals surface area contributed by atoms with Crippen molar-refractivity contribution in [3.8, 4) is 50.7 Å². The molecule has 55 heavy (non-hydrogen) atoms. The molecular formula is C46H35N7O2. The number of carbonyl (C=O) groups excluding carboxylic acids is 2. The molecule has 0 bridgehead atoms. The zero-order valence-corrected chi connectivity index (χ0v) is 30.2. The SMILES string of the molecule is CN(C(=O)c1cc(C(=O)N(C)c2ccc(-c3ccccc3)nc2)cc(-c2ccccc2-c2cnc(-n3cccc3)nc2)c1)c1ccc(-c2ccccc2)nc1. The number of benzene rings is 4. The summed E-state index contributed by atoms with van der Waals surface area (Å²) in [6.07, 6.45) is 10.7. The highest BCUT2D eigenvalue weighted by Gasteiger charge is 2.22. The second-order valence-electron chi connectivity index (χ2n) is 13.0. The van der Waals surface area contributed by atoms with Crippen molar-refractivity contribution >= 4 is 23.2 Å². The molecule has 0 saturated carbocycles. The Morgan fingerprint density at radius 2 is 0.909 bits per heavy atom. The smallest absolute Gasteiger partial charge is 0.258 e. The third kappa shape index (κ3) is 7.27. The van der Waals surface area contributed by atoms with Crippen LogP contribution in [-0.4, -0.2) is 50.4 Å². The summed E-state index contributed by atoms with van der Waals surface area (Å²) >= 11 is 0. The van der Waals surface area contributed by atoms with Crippen LogP contribution >= 0.6 is 0 Å². The van der Waals surface area contributed by atoms with E-state index in [1.54, 1.807) is 54.7 Å². The Bertz CT molecular complexity index is 2460. The Balaban J connectivity index is 1.16. The predicted octanol–water partition coefficient (Wildman–Crippen LogP) is 9.28. The lowest BCUT2D eigenvalue weighted by Gasteiger charge is -2.21. The molecule has 2 amide bonds. The van der Waals surface area contributed by atoms with Gasteiger partial charge in [0.15, 0.2) is 0 Å². The molecule has 0 saturated heterocycles. The standard InChI is InChI=1S/C46H35N7O2/c1-51(38-19-21-42(47-30-38)32-13-5-3-6-14-32)44(54)35-25-34(40-17-9-10-18-41(40)37-28-49-46(50-29-37)53-23-11-12-24-53)26-36(27-35)45(55)52(2)39-20-22-43(48-31-39)33-15-7-4-8-16-33/h3-31H,1-2H3. The monoisotopic (exact) mass is 717 g/mol. The van der Waals surface area contributed by atoms with Gasteiger partial charge in [-0.05, 0) is 71.3 Å². The van der Waals surface area contributed by atoms with E-state index in [0.29, 0.717) is 34.0 Å². The Labute approximate surface area is 318 Å². The van der Waals surface area contributed by atoms with Gasteiger partial charge in [-0.25, -0.2) is 9.97 Å². The maximum atomic E-state index is 14.3. The van der Waals surface area contributed by atoms with Crippen LogP contribution in [0.25, 0.3) is 50.7 Å². The molecule has 9 nitrogen and oxygen atoms in total. The van der Waals surface area contributed by atoms with Crippen LogP contribution in [-0.2, 0) is 0 Å². The second kappa shape index (κ2) is 15.2. The number of hydrogen-bond acceptors (Lipinski definition) is 6. The van der Waals surface area contributed by atoms with Crippen LogP contribution in [0.5, 0.6) is 0 Å². The van der Waals surface area contributed by atoms with E-state index in [0.717, 1.165) is 39.2 Å². The topological polar surface area (TPSA) is 97.1 Å². The maximum absolute atomic E-state index is 14.3. The number of amides is 2. The second-order valence-corrected chi connectivity index (χ2v) is 13.0. The molecule has 0 fully saturated rings. The minimum Gasteiger partial charge on any atom is -0.310 e. The van der Waals surface area contributed by atoms with E-state index in [-0.39, 0.29) is 11.8 Å². The van der Waals surface area contributed by atoms with Crippen LogP contribution in [0.1, 0.15) is 20.7 Å². The number of nitrogens with zero attached hydrogens (tertiary/aromatic N) is 7. The molecule has 0 radical (unpaired) electrons. The molecule has 0 N–H and O–H groups in total. The summed E-state index contributed by atoms with van der Waals surface area (Å²) in [6.45, 7) is 0. The summed E-state index contributed by atoms with van der Waals surface area (Å²) in [5, 5.41) is 0. The molecule has 8 aromatic rings. The fourth-order valence-corrected chi connectivity index (χ4v) is 6.43. The van der Waals surface area contributed by atoms with Gasteiger partial charge in [0.2, 0.25) is 5.95 Å². The van der Waals surface area contributed by atoms with Crippen LogP contribution in [0, 0.1) is 0 Å². The first-order valence-corrected chi connectivity index (χ1v) is 17.7. The summed E-state index contributed by atoms with van der Waals surface area (Å²) in [5.74, 6) is -0.0347. The molecule has 266 valence electrons. The van der Waals surface area contributed by atoms with Crippen molar-refractivity contribution in [1.82, 2.24) is 24.5 Å². The van der Waals surface area contributed by atoms with Crippen molar-refractivity contribution in [3.05, 3.63) is 188 Å². The summed E-state index contributed by atoms with van der Waals surface area (Å²) in [7, 11) is 3.42. The van der Waals surface area contributed by atoms with Gasteiger partial charge in [0.05, 0.1) is 35.2 Å². The van der Waals surface area contributed by atoms with E-state index in [1.165, 1.54) is 0 Å². The normalized spacial score (nSPS) is 10.9. The molecule has 0 spiro atoms. The first kappa shape index (κ1) is 34.6. The van der Waals surface area contributed by atoms with Crippen molar-refractivity contribution < 1.29 is 9.59 Å². The third-order valence-corrected chi connectivity index (χ3v) is 9.47. The van der Waals surface area contributed by atoms with Crippen molar-refractivity contribution in [2.45, 2.75) is 0 Å². The average molecular weight is 718 g/mol. The van der Waals surface area contributed by atoms with Crippen LogP contribution in [0.4, 0.5) is 11.4 Å². The van der Waals surface area contributed by atoms with Gasteiger partial charge in [0.1, 0.15) is 0 Å². The minimum absolute atomic E-state index is 0.293. The first-order valence-electron chi connectivity index (χ1n) is 17.7. The molecule has 8 rings (SSSR count). The summed E-state index contributed by atoms with van der Waals surface area (Å²) < 4.78 is 1.84. The Morgan fingerprint density at radius 3 is 1.36 bits per heavy atom. The molecule has 9 heteroatoms. The lowest BCUT2D eigenvalue weighted by Crippen LogP contribution is -2.29. The zero-order chi connectivity index (χ0) is 37.7. The van der Waals surface area contributed by atoms with E-state index in [2.05, 4.69) is 19.9 Å². The largest absolute Gasteiger partial charge is 0.310 e. The van der Waals surface area contributed by atoms with E-state index >= 15 is 0 Å². The fourth-order valence-electron chi connectivity index (χ4n) is 6.43. The van der Waals surface area contributed by atoms with Crippen LogP contribution < -0.4 is 9.80 Å². The Hall–Kier alpha value is -7.52. The number of carbonyl (C=O) groups is 2. The van der Waals surface area contributed by atoms with Gasteiger partial charge < -0.3 is 9.80 Å². The average Bonchev–Trinajstić information content (AvgIpc) is 3.82. The van der Waals surface area contributed by atoms with E-state index in [4.69, 9.17) is 0 Å². The van der Waals surface area contributed by atoms with Gasteiger partial charge in [0, 0.05) is 66.7 Å². The van der Waals surface area contributed by atoms with Gasteiger partial charge in [-0.1, -0.05) is 84.9 Å². The first-order chi connectivity index (χ1) is 26.9. The molecule has 0 aliphatic carbocycles. The molecule has 4 aromatic heterocycles. The number of rotatable bonds is 9. The van der Waals surface area contributed by atoms with Crippen molar-refractivity contribution in [3.63, 3.8) is 0 Å². The van der Waals surface area contributed by atoms with Crippen molar-refractivity contribution in [1.29, 1.82) is 0 Å². The molecule has 4 heterocycles. The van der Waals surface area contributed by atoms with Crippen LogP contribution in [0.15, 0.2) is 177 Å². The lowest BCUT2D eigenvalue weighted by atomic mass is 9.93. The highest BCUT2D eigenvalue weighted by Crippen LogP contribution is 2.34. The summed E-state index contributed by atoms with van der Waals surface area (Å²) in [5.41, 5.74) is 8.64. The van der Waals surface area contributed by atoms with Crippen molar-refractivity contribution in [2.75, 3.05) is 23.9 Å². The Morgan fingerprint density at radius 1 is 0.455 bits per heavy atom. The fraction of sp³-hybridized carbons (Fsp3) is 0.0435. The number of pyridine rings is 2. The summed E-state index contributed by atoms with van der Waals surface area (Å²) in [6, 6.07) is 44.2. The Kier molecular flexibility index (Phi) is 9.56. The highest BCUT2D eigenvalue weighted by atomic mass is 16.2. The van der Waals surface area contributed by atoms with Gasteiger partial charge in [-0.2, -0.15) is 0 Å². The molecule has 0 aliphatic heterocycles. The molecular weight excluding hydrogens is 683 g/mol. The lowest BCUT2D eigenvalue weighted by molar-refractivity contribution is 0.0992. The van der Waals surface area contributed by atoms with Gasteiger partial charge in [-0.3, -0.25) is 24.1 Å². The summed E-state index contributed by atoms with van der Waals surface area (Å²) in [4.78, 5) is 50.2. The predicted molar refractivity (Wildman–Crippen MR) is 217 cm³/mol. The van der Waals surface area contributed by atoms with Crippen LogP contribution in [0.2, 0.25) is 0 Å². The van der Waals surface area contributed by atoms with Gasteiger partial charge in [-0.15, -0.1) is 0 Å². The van der Waals surface area contributed by atoms with Gasteiger partial charge in [0.25, 0.3) is 11.8 Å².